The lowest BCUT2D eigenvalue weighted by Gasteiger charge is -2.23. The van der Waals surface area contributed by atoms with E-state index in [0.29, 0.717) is 4.99 Å². The van der Waals surface area contributed by atoms with Crippen molar-refractivity contribution in [1.82, 2.24) is 0 Å². The van der Waals surface area contributed by atoms with E-state index < -0.39 is 0 Å². The van der Waals surface area contributed by atoms with Crippen LogP contribution in [-0.2, 0) is 6.54 Å². The number of anilines is 1. The van der Waals surface area contributed by atoms with Crippen molar-refractivity contribution in [2.24, 2.45) is 5.73 Å². The number of nitrogens with zero attached hydrogens (tertiary/aromatic N) is 1. The largest absolute Gasteiger partial charge is 0.497 e. The number of nitrogens with two attached hydrogens (primary N) is 1. The Balaban J connectivity index is 2.30. The molecule has 0 aliphatic rings. The maximum atomic E-state index is 5.80. The van der Waals surface area contributed by atoms with Crippen molar-refractivity contribution in [2.45, 2.75) is 6.54 Å². The van der Waals surface area contributed by atoms with Gasteiger partial charge in [0.1, 0.15) is 10.7 Å². The predicted octanol–water partition coefficient (Wildman–Crippen LogP) is 3.73. The molecule has 0 radical (unpaired) electrons. The molecule has 0 atom stereocenters. The summed E-state index contributed by atoms with van der Waals surface area (Å²) in [7, 11) is 3.68. The minimum absolute atomic E-state index is 0.405. The predicted molar refractivity (Wildman–Crippen MR) is 95.1 cm³/mol. The summed E-state index contributed by atoms with van der Waals surface area (Å²) >= 11 is 8.70. The molecule has 3 nitrogen and oxygen atoms in total. The first-order valence-corrected chi connectivity index (χ1v) is 7.65. The van der Waals surface area contributed by atoms with Crippen molar-refractivity contribution in [3.05, 3.63) is 58.1 Å². The van der Waals surface area contributed by atoms with Crippen molar-refractivity contribution in [3.8, 4) is 5.75 Å². The van der Waals surface area contributed by atoms with Gasteiger partial charge in [0.15, 0.2) is 0 Å². The minimum atomic E-state index is 0.405. The average molecular weight is 365 g/mol. The fraction of sp³-hybridized carbons (Fsp3) is 0.188. The molecule has 21 heavy (non-hydrogen) atoms. The van der Waals surface area contributed by atoms with Gasteiger partial charge in [-0.25, -0.2) is 0 Å². The Labute approximate surface area is 138 Å². The monoisotopic (exact) mass is 364 g/mol. The van der Waals surface area contributed by atoms with Crippen LogP contribution >= 0.6 is 28.1 Å². The van der Waals surface area contributed by atoms with Crippen molar-refractivity contribution in [3.63, 3.8) is 0 Å². The third-order valence-corrected chi connectivity index (χ3v) is 4.23. The van der Waals surface area contributed by atoms with E-state index in [1.807, 2.05) is 49.5 Å². The first-order valence-electron chi connectivity index (χ1n) is 6.45. The summed E-state index contributed by atoms with van der Waals surface area (Å²) in [5.41, 5.74) is 8.83. The lowest BCUT2D eigenvalue weighted by atomic mass is 10.1. The second-order valence-electron chi connectivity index (χ2n) is 4.69. The highest BCUT2D eigenvalue weighted by Crippen LogP contribution is 2.26. The SMILES string of the molecule is COc1ccc(Br)c(CN(C)c2ccccc2C(N)=S)c1. The highest BCUT2D eigenvalue weighted by molar-refractivity contribution is 9.10. The Morgan fingerprint density at radius 1 is 1.29 bits per heavy atom. The Morgan fingerprint density at radius 3 is 2.67 bits per heavy atom. The summed E-state index contributed by atoms with van der Waals surface area (Å²) in [6.45, 7) is 0.720. The number of hydrogen-bond donors (Lipinski definition) is 1. The van der Waals surface area contributed by atoms with Gasteiger partial charge in [-0.3, -0.25) is 0 Å². The van der Waals surface area contributed by atoms with E-state index in [2.05, 4.69) is 20.8 Å². The number of halogens is 1. The van der Waals surface area contributed by atoms with Crippen LogP contribution in [0.2, 0.25) is 0 Å². The van der Waals surface area contributed by atoms with Gasteiger partial charge >= 0.3 is 0 Å². The molecule has 0 amide bonds. The van der Waals surface area contributed by atoms with Gasteiger partial charge < -0.3 is 15.4 Å². The number of para-hydroxylation sites is 1. The van der Waals surface area contributed by atoms with Crippen molar-refractivity contribution >= 4 is 38.8 Å². The van der Waals surface area contributed by atoms with E-state index in [-0.39, 0.29) is 0 Å². The molecule has 0 unspecified atom stereocenters. The van der Waals surface area contributed by atoms with Crippen LogP contribution in [0.15, 0.2) is 46.9 Å². The number of thiocarbonyl (C=S) groups is 1. The van der Waals surface area contributed by atoms with Crippen LogP contribution in [0.3, 0.4) is 0 Å². The summed E-state index contributed by atoms with van der Waals surface area (Å²) in [6.07, 6.45) is 0. The number of rotatable bonds is 5. The normalized spacial score (nSPS) is 10.2. The van der Waals surface area contributed by atoms with Gasteiger partial charge in [-0.1, -0.05) is 40.3 Å². The van der Waals surface area contributed by atoms with Gasteiger partial charge in [-0.2, -0.15) is 0 Å². The van der Waals surface area contributed by atoms with Crippen LogP contribution in [-0.4, -0.2) is 19.1 Å². The number of ether oxygens (including phenoxy) is 1. The van der Waals surface area contributed by atoms with Gasteiger partial charge in [0.25, 0.3) is 0 Å². The maximum Gasteiger partial charge on any atom is 0.119 e. The zero-order valence-corrected chi connectivity index (χ0v) is 14.4. The number of benzene rings is 2. The molecular formula is C16H17BrN2OS. The molecule has 0 saturated heterocycles. The van der Waals surface area contributed by atoms with Gasteiger partial charge in [0.2, 0.25) is 0 Å². The molecule has 0 aromatic heterocycles. The van der Waals surface area contributed by atoms with Crippen LogP contribution in [0.25, 0.3) is 0 Å². The summed E-state index contributed by atoms with van der Waals surface area (Å²) in [6, 6.07) is 13.8. The van der Waals surface area contributed by atoms with Crippen LogP contribution in [0, 0.1) is 0 Å². The highest BCUT2D eigenvalue weighted by Gasteiger charge is 2.11. The molecule has 2 rings (SSSR count). The highest BCUT2D eigenvalue weighted by atomic mass is 79.9. The Morgan fingerprint density at radius 2 is 2.00 bits per heavy atom. The molecule has 0 aliphatic carbocycles. The lowest BCUT2D eigenvalue weighted by molar-refractivity contribution is 0.414. The van der Waals surface area contributed by atoms with Crippen LogP contribution < -0.4 is 15.4 Å². The van der Waals surface area contributed by atoms with E-state index in [1.54, 1.807) is 7.11 Å². The van der Waals surface area contributed by atoms with Crippen molar-refractivity contribution < 1.29 is 4.74 Å². The molecule has 2 N–H and O–H groups in total. The third kappa shape index (κ3) is 3.74. The molecule has 0 aliphatic heterocycles. The Hall–Kier alpha value is -1.59. The molecule has 5 heteroatoms. The van der Waals surface area contributed by atoms with Crippen molar-refractivity contribution in [2.75, 3.05) is 19.1 Å². The summed E-state index contributed by atoms with van der Waals surface area (Å²) in [5.74, 6) is 0.837. The van der Waals surface area contributed by atoms with Crippen molar-refractivity contribution in [1.29, 1.82) is 0 Å². The number of methoxy groups -OCH3 is 1. The molecular weight excluding hydrogens is 348 g/mol. The van der Waals surface area contributed by atoms with Crippen LogP contribution in [0.5, 0.6) is 5.75 Å². The molecule has 0 fully saturated rings. The quantitative estimate of drug-likeness (QED) is 0.820. The smallest absolute Gasteiger partial charge is 0.119 e. The summed E-state index contributed by atoms with van der Waals surface area (Å²) < 4.78 is 6.32. The maximum absolute atomic E-state index is 5.80. The van der Waals surface area contributed by atoms with E-state index >= 15 is 0 Å². The van der Waals surface area contributed by atoms with Gasteiger partial charge in [0, 0.05) is 29.3 Å². The molecule has 2 aromatic rings. The fourth-order valence-corrected chi connectivity index (χ4v) is 2.70. The Kier molecular flexibility index (Phi) is 5.20. The number of hydrogen-bond acceptors (Lipinski definition) is 3. The average Bonchev–Trinajstić information content (AvgIpc) is 2.49. The molecule has 2 aromatic carbocycles. The summed E-state index contributed by atoms with van der Waals surface area (Å²) in [4.78, 5) is 2.52. The van der Waals surface area contributed by atoms with E-state index in [9.17, 15) is 0 Å². The van der Waals surface area contributed by atoms with Gasteiger partial charge in [-0.05, 0) is 35.9 Å². The first-order chi connectivity index (χ1) is 10.0. The van der Waals surface area contributed by atoms with E-state index in [1.165, 1.54) is 0 Å². The van der Waals surface area contributed by atoms with Gasteiger partial charge in [-0.15, -0.1) is 0 Å². The first kappa shape index (κ1) is 15.8. The lowest BCUT2D eigenvalue weighted by Crippen LogP contribution is -2.21. The molecule has 0 heterocycles. The van der Waals surface area contributed by atoms with Crippen LogP contribution in [0.1, 0.15) is 11.1 Å². The summed E-state index contributed by atoms with van der Waals surface area (Å²) in [5, 5.41) is 0. The van der Waals surface area contributed by atoms with Crippen LogP contribution in [0.4, 0.5) is 5.69 Å². The van der Waals surface area contributed by atoms with E-state index in [0.717, 1.165) is 33.6 Å². The third-order valence-electron chi connectivity index (χ3n) is 3.24. The van der Waals surface area contributed by atoms with Gasteiger partial charge in [0.05, 0.1) is 7.11 Å². The molecule has 0 bridgehead atoms. The standard InChI is InChI=1S/C16H17BrN2OS/c1-19(15-6-4-3-5-13(15)16(18)21)10-11-9-12(20-2)7-8-14(11)17/h3-9H,10H2,1-2H3,(H2,18,21). The van der Waals surface area contributed by atoms with E-state index in [4.69, 9.17) is 22.7 Å². The minimum Gasteiger partial charge on any atom is -0.497 e. The molecule has 0 saturated carbocycles. The molecule has 110 valence electrons. The zero-order valence-electron chi connectivity index (χ0n) is 12.0. The second-order valence-corrected chi connectivity index (χ2v) is 5.99. The topological polar surface area (TPSA) is 38.5 Å². The zero-order chi connectivity index (χ0) is 15.4. The Bertz CT molecular complexity index is 660. The molecule has 0 spiro atoms. The fourth-order valence-electron chi connectivity index (χ4n) is 2.15. The second kappa shape index (κ2) is 6.91.